The van der Waals surface area contributed by atoms with Gasteiger partial charge < -0.3 is 5.32 Å². The molecule has 0 fully saturated rings. The van der Waals surface area contributed by atoms with Gasteiger partial charge in [-0.05, 0) is 47.5 Å². The number of hydrogen-bond acceptors (Lipinski definition) is 2. The molecule has 2 rings (SSSR count). The molecule has 2 aromatic rings. The maximum absolute atomic E-state index is 3.47. The fourth-order valence-corrected chi connectivity index (χ4v) is 3.28. The second-order valence-electron chi connectivity index (χ2n) is 6.05. The highest BCUT2D eigenvalue weighted by Crippen LogP contribution is 2.33. The Morgan fingerprint density at radius 3 is 2.37 bits per heavy atom. The van der Waals surface area contributed by atoms with Crippen molar-refractivity contribution in [2.45, 2.75) is 39.2 Å². The minimum absolute atomic E-state index is 0.163. The Balaban J connectivity index is 2.50. The Kier molecular flexibility index (Phi) is 4.12. The minimum atomic E-state index is 0.163. The monoisotopic (exact) mass is 273 g/mol. The van der Waals surface area contributed by atoms with Crippen LogP contribution in [0.3, 0.4) is 0 Å². The molecule has 0 bridgehead atoms. The van der Waals surface area contributed by atoms with Crippen LogP contribution in [-0.4, -0.2) is 7.05 Å². The van der Waals surface area contributed by atoms with Crippen molar-refractivity contribution in [3.05, 3.63) is 57.3 Å². The first-order valence-corrected chi connectivity index (χ1v) is 7.63. The Hall–Kier alpha value is -1.12. The molecule has 0 aliphatic carbocycles. The molecular formula is C17H23NS. The van der Waals surface area contributed by atoms with Crippen molar-refractivity contribution in [3.63, 3.8) is 0 Å². The van der Waals surface area contributed by atoms with Gasteiger partial charge >= 0.3 is 0 Å². The summed E-state index contributed by atoms with van der Waals surface area (Å²) in [4.78, 5) is 1.36. The fraction of sp³-hybridized carbons (Fsp3) is 0.412. The molecule has 0 saturated heterocycles. The van der Waals surface area contributed by atoms with Crippen LogP contribution in [0.5, 0.6) is 0 Å². The summed E-state index contributed by atoms with van der Waals surface area (Å²) in [6.45, 7) is 8.99. The molecule has 1 nitrogen and oxygen atoms in total. The van der Waals surface area contributed by atoms with Crippen LogP contribution in [0.4, 0.5) is 0 Å². The standard InChI is InChI=1S/C17H23NS/c1-12-10-13(11-19-12)16(18-5)14-8-6-7-9-15(14)17(2,3)4/h6-11,16,18H,1-5H3. The second kappa shape index (κ2) is 5.48. The molecule has 19 heavy (non-hydrogen) atoms. The molecule has 1 aromatic carbocycles. The SMILES string of the molecule is CNC(c1csc(C)c1)c1ccccc1C(C)(C)C. The van der Waals surface area contributed by atoms with Crippen LogP contribution in [-0.2, 0) is 5.41 Å². The van der Waals surface area contributed by atoms with Crippen LogP contribution in [0.25, 0.3) is 0 Å². The number of nitrogens with one attached hydrogen (secondary N) is 1. The van der Waals surface area contributed by atoms with E-state index in [1.54, 1.807) is 0 Å². The molecular weight excluding hydrogens is 250 g/mol. The number of rotatable bonds is 3. The maximum Gasteiger partial charge on any atom is 0.0585 e. The molecule has 102 valence electrons. The van der Waals surface area contributed by atoms with Crippen molar-refractivity contribution >= 4 is 11.3 Å². The van der Waals surface area contributed by atoms with E-state index in [0.717, 1.165) is 0 Å². The molecule has 1 heterocycles. The van der Waals surface area contributed by atoms with Crippen molar-refractivity contribution in [2.24, 2.45) is 0 Å². The van der Waals surface area contributed by atoms with Gasteiger partial charge in [0.05, 0.1) is 6.04 Å². The number of aryl methyl sites for hydroxylation is 1. The smallest absolute Gasteiger partial charge is 0.0585 e. The van der Waals surface area contributed by atoms with E-state index in [0.29, 0.717) is 0 Å². The van der Waals surface area contributed by atoms with Crippen LogP contribution in [0, 0.1) is 6.92 Å². The Morgan fingerprint density at radius 2 is 1.84 bits per heavy atom. The van der Waals surface area contributed by atoms with Crippen molar-refractivity contribution in [1.29, 1.82) is 0 Å². The maximum atomic E-state index is 3.47. The second-order valence-corrected chi connectivity index (χ2v) is 7.16. The topological polar surface area (TPSA) is 12.0 Å². The van der Waals surface area contributed by atoms with Gasteiger partial charge in [0.1, 0.15) is 0 Å². The van der Waals surface area contributed by atoms with Gasteiger partial charge in [0, 0.05) is 4.88 Å². The first-order chi connectivity index (χ1) is 8.93. The molecule has 0 radical (unpaired) electrons. The molecule has 1 atom stereocenters. The highest BCUT2D eigenvalue weighted by molar-refractivity contribution is 7.10. The fourth-order valence-electron chi connectivity index (χ4n) is 2.55. The van der Waals surface area contributed by atoms with Crippen molar-refractivity contribution < 1.29 is 0 Å². The van der Waals surface area contributed by atoms with Gasteiger partial charge in [-0.1, -0.05) is 45.0 Å². The average Bonchev–Trinajstić information content (AvgIpc) is 2.76. The molecule has 0 aliphatic rings. The lowest BCUT2D eigenvalue weighted by Crippen LogP contribution is -2.23. The van der Waals surface area contributed by atoms with E-state index in [2.05, 4.69) is 68.7 Å². The molecule has 0 aliphatic heterocycles. The summed E-state index contributed by atoms with van der Waals surface area (Å²) >= 11 is 1.82. The number of hydrogen-bond donors (Lipinski definition) is 1. The van der Waals surface area contributed by atoms with Crippen LogP contribution in [0.15, 0.2) is 35.7 Å². The molecule has 1 unspecified atom stereocenters. The molecule has 0 saturated carbocycles. The van der Waals surface area contributed by atoms with E-state index in [9.17, 15) is 0 Å². The van der Waals surface area contributed by atoms with Gasteiger partial charge in [-0.25, -0.2) is 0 Å². The molecule has 1 aromatic heterocycles. The van der Waals surface area contributed by atoms with Crippen molar-refractivity contribution in [2.75, 3.05) is 7.05 Å². The summed E-state index contributed by atoms with van der Waals surface area (Å²) in [5.41, 5.74) is 4.33. The van der Waals surface area contributed by atoms with Gasteiger partial charge in [0.15, 0.2) is 0 Å². The molecule has 2 heteroatoms. The van der Waals surface area contributed by atoms with Gasteiger partial charge in [-0.15, -0.1) is 11.3 Å². The largest absolute Gasteiger partial charge is 0.309 e. The van der Waals surface area contributed by atoms with E-state index >= 15 is 0 Å². The molecule has 0 spiro atoms. The highest BCUT2D eigenvalue weighted by atomic mass is 32.1. The van der Waals surface area contributed by atoms with Gasteiger partial charge in [-0.3, -0.25) is 0 Å². The summed E-state index contributed by atoms with van der Waals surface area (Å²) in [6, 6.07) is 11.3. The predicted octanol–water partition coefficient (Wildman–Crippen LogP) is 4.66. The lowest BCUT2D eigenvalue weighted by molar-refractivity contribution is 0.567. The summed E-state index contributed by atoms with van der Waals surface area (Å²) < 4.78 is 0. The quantitative estimate of drug-likeness (QED) is 0.857. The average molecular weight is 273 g/mol. The zero-order valence-electron chi connectivity index (χ0n) is 12.4. The minimum Gasteiger partial charge on any atom is -0.309 e. The lowest BCUT2D eigenvalue weighted by Gasteiger charge is -2.27. The Morgan fingerprint density at radius 1 is 1.16 bits per heavy atom. The molecule has 1 N–H and O–H groups in total. The molecule has 0 amide bonds. The zero-order valence-corrected chi connectivity index (χ0v) is 13.3. The first-order valence-electron chi connectivity index (χ1n) is 6.75. The van der Waals surface area contributed by atoms with Gasteiger partial charge in [0.25, 0.3) is 0 Å². The zero-order chi connectivity index (χ0) is 14.0. The third-order valence-corrected chi connectivity index (χ3v) is 4.33. The van der Waals surface area contributed by atoms with Crippen LogP contribution >= 0.6 is 11.3 Å². The number of thiophene rings is 1. The van der Waals surface area contributed by atoms with Crippen LogP contribution < -0.4 is 5.32 Å². The third-order valence-electron chi connectivity index (χ3n) is 3.45. The Bertz CT molecular complexity index is 548. The lowest BCUT2D eigenvalue weighted by atomic mass is 9.81. The van der Waals surface area contributed by atoms with Crippen molar-refractivity contribution in [1.82, 2.24) is 5.32 Å². The summed E-state index contributed by atoms with van der Waals surface area (Å²) in [5.74, 6) is 0. The van der Waals surface area contributed by atoms with Crippen LogP contribution in [0.2, 0.25) is 0 Å². The summed E-state index contributed by atoms with van der Waals surface area (Å²) in [6.07, 6.45) is 0. The number of benzene rings is 1. The van der Waals surface area contributed by atoms with E-state index in [-0.39, 0.29) is 11.5 Å². The summed E-state index contributed by atoms with van der Waals surface area (Å²) in [5, 5.41) is 5.73. The van der Waals surface area contributed by atoms with Gasteiger partial charge in [-0.2, -0.15) is 0 Å². The highest BCUT2D eigenvalue weighted by Gasteiger charge is 2.23. The van der Waals surface area contributed by atoms with E-state index < -0.39 is 0 Å². The van der Waals surface area contributed by atoms with Crippen molar-refractivity contribution in [3.8, 4) is 0 Å². The summed E-state index contributed by atoms with van der Waals surface area (Å²) in [7, 11) is 2.04. The van der Waals surface area contributed by atoms with E-state index in [1.807, 2.05) is 18.4 Å². The Labute approximate surface area is 120 Å². The van der Waals surface area contributed by atoms with E-state index in [4.69, 9.17) is 0 Å². The van der Waals surface area contributed by atoms with E-state index in [1.165, 1.54) is 21.6 Å². The predicted molar refractivity (Wildman–Crippen MR) is 85.1 cm³/mol. The first kappa shape index (κ1) is 14.3. The van der Waals surface area contributed by atoms with Crippen LogP contribution in [0.1, 0.15) is 48.4 Å². The normalized spacial score (nSPS) is 13.5. The van der Waals surface area contributed by atoms with Gasteiger partial charge in [0.2, 0.25) is 0 Å². The third kappa shape index (κ3) is 3.07.